The Morgan fingerprint density at radius 3 is 2.94 bits per heavy atom. The van der Waals surface area contributed by atoms with Crippen molar-refractivity contribution in [2.45, 2.75) is 13.8 Å². The minimum atomic E-state index is -0.616. The summed E-state index contributed by atoms with van der Waals surface area (Å²) >= 11 is 0. The van der Waals surface area contributed by atoms with E-state index in [0.29, 0.717) is 0 Å². The number of ether oxygens (including phenoxy) is 1. The monoisotopic (exact) mass is 230 g/mol. The van der Waals surface area contributed by atoms with E-state index in [1.54, 1.807) is 13.0 Å². The summed E-state index contributed by atoms with van der Waals surface area (Å²) in [5.41, 5.74) is 1.87. The van der Waals surface area contributed by atoms with E-state index in [-0.39, 0.29) is 12.2 Å². The third-order valence-corrected chi connectivity index (χ3v) is 2.02. The van der Waals surface area contributed by atoms with Crippen LogP contribution in [0, 0.1) is 18.3 Å². The zero-order chi connectivity index (χ0) is 12.7. The van der Waals surface area contributed by atoms with Crippen LogP contribution >= 0.6 is 0 Å². The third-order valence-electron chi connectivity index (χ3n) is 2.02. The molecule has 0 heterocycles. The number of aryl methyl sites for hydroxylation is 1. The molecule has 4 nitrogen and oxygen atoms in total. The van der Waals surface area contributed by atoms with Gasteiger partial charge >= 0.3 is 5.97 Å². The Morgan fingerprint density at radius 1 is 1.59 bits per heavy atom. The number of rotatable bonds is 4. The molecule has 0 saturated heterocycles. The maximum atomic E-state index is 11.3. The van der Waals surface area contributed by atoms with Crippen LogP contribution < -0.4 is 5.32 Å². The molecule has 88 valence electrons. The van der Waals surface area contributed by atoms with E-state index in [1.165, 1.54) is 6.20 Å². The van der Waals surface area contributed by atoms with E-state index < -0.39 is 5.97 Å². The third kappa shape index (κ3) is 3.99. The van der Waals surface area contributed by atoms with Gasteiger partial charge in [-0.3, -0.25) is 0 Å². The number of nitrogens with zero attached hydrogens (tertiary/aromatic N) is 1. The highest BCUT2D eigenvalue weighted by molar-refractivity contribution is 5.93. The predicted octanol–water partition coefficient (Wildman–Crippen LogP) is 2.38. The van der Waals surface area contributed by atoms with Gasteiger partial charge in [-0.05, 0) is 31.5 Å². The van der Waals surface area contributed by atoms with Crippen molar-refractivity contribution in [2.24, 2.45) is 0 Å². The first kappa shape index (κ1) is 12.8. The van der Waals surface area contributed by atoms with Gasteiger partial charge in [-0.2, -0.15) is 5.26 Å². The van der Waals surface area contributed by atoms with Gasteiger partial charge in [0.15, 0.2) is 5.57 Å². The lowest BCUT2D eigenvalue weighted by atomic mass is 10.2. The maximum absolute atomic E-state index is 11.3. The van der Waals surface area contributed by atoms with Gasteiger partial charge in [0.05, 0.1) is 6.61 Å². The number of nitriles is 1. The zero-order valence-electron chi connectivity index (χ0n) is 9.86. The van der Waals surface area contributed by atoms with Crippen molar-refractivity contribution in [1.82, 2.24) is 0 Å². The molecule has 1 aromatic carbocycles. The van der Waals surface area contributed by atoms with Crippen LogP contribution in [0.15, 0.2) is 36.0 Å². The lowest BCUT2D eigenvalue weighted by molar-refractivity contribution is -0.138. The molecule has 0 amide bonds. The van der Waals surface area contributed by atoms with Gasteiger partial charge in [0, 0.05) is 11.9 Å². The van der Waals surface area contributed by atoms with Crippen molar-refractivity contribution in [3.63, 3.8) is 0 Å². The Morgan fingerprint density at radius 2 is 2.35 bits per heavy atom. The number of anilines is 1. The van der Waals surface area contributed by atoms with Crippen LogP contribution in [-0.4, -0.2) is 12.6 Å². The van der Waals surface area contributed by atoms with Crippen molar-refractivity contribution in [1.29, 1.82) is 5.26 Å². The van der Waals surface area contributed by atoms with Crippen LogP contribution in [0.3, 0.4) is 0 Å². The molecule has 0 spiro atoms. The standard InChI is InChI=1S/C13H14N2O2/c1-3-17-13(16)11(8-14)9-15-12-6-4-5-10(2)7-12/h4-7,9,15H,3H2,1-2H3/b11-9-. The highest BCUT2D eigenvalue weighted by Gasteiger charge is 2.08. The predicted molar refractivity (Wildman–Crippen MR) is 65.1 cm³/mol. The molecular weight excluding hydrogens is 216 g/mol. The summed E-state index contributed by atoms with van der Waals surface area (Å²) in [6, 6.07) is 9.41. The normalized spacial score (nSPS) is 10.5. The lowest BCUT2D eigenvalue weighted by Gasteiger charge is -2.03. The largest absolute Gasteiger partial charge is 0.462 e. The zero-order valence-corrected chi connectivity index (χ0v) is 9.86. The Balaban J connectivity index is 2.75. The first-order chi connectivity index (χ1) is 8.17. The van der Waals surface area contributed by atoms with Crippen molar-refractivity contribution >= 4 is 11.7 Å². The molecule has 0 saturated carbocycles. The Labute approximate surface area is 101 Å². The van der Waals surface area contributed by atoms with E-state index in [4.69, 9.17) is 10.00 Å². The smallest absolute Gasteiger partial charge is 0.350 e. The quantitative estimate of drug-likeness (QED) is 0.490. The van der Waals surface area contributed by atoms with Gasteiger partial charge in [-0.15, -0.1) is 0 Å². The number of carbonyl (C=O) groups is 1. The summed E-state index contributed by atoms with van der Waals surface area (Å²) in [5, 5.41) is 11.7. The molecule has 0 fully saturated rings. The van der Waals surface area contributed by atoms with Crippen LogP contribution in [0.2, 0.25) is 0 Å². The molecule has 0 aliphatic rings. The van der Waals surface area contributed by atoms with Crippen LogP contribution in [0.1, 0.15) is 12.5 Å². The molecule has 1 rings (SSSR count). The molecule has 0 radical (unpaired) electrons. The highest BCUT2D eigenvalue weighted by Crippen LogP contribution is 2.10. The van der Waals surface area contributed by atoms with Gasteiger partial charge in [-0.1, -0.05) is 12.1 Å². The van der Waals surface area contributed by atoms with Crippen molar-refractivity contribution in [2.75, 3.05) is 11.9 Å². The van der Waals surface area contributed by atoms with Crippen LogP contribution in [0.5, 0.6) is 0 Å². The number of esters is 1. The number of carbonyl (C=O) groups excluding carboxylic acids is 1. The molecule has 0 aliphatic heterocycles. The number of hydrogen-bond acceptors (Lipinski definition) is 4. The fourth-order valence-corrected chi connectivity index (χ4v) is 1.24. The van der Waals surface area contributed by atoms with E-state index in [9.17, 15) is 4.79 Å². The van der Waals surface area contributed by atoms with E-state index in [1.807, 2.05) is 31.2 Å². The first-order valence-electron chi connectivity index (χ1n) is 5.28. The Kier molecular flexibility index (Phi) is 4.77. The molecule has 17 heavy (non-hydrogen) atoms. The van der Waals surface area contributed by atoms with E-state index in [0.717, 1.165) is 11.3 Å². The Bertz CT molecular complexity index is 473. The fraction of sp³-hybridized carbons (Fsp3) is 0.231. The average molecular weight is 230 g/mol. The molecule has 0 unspecified atom stereocenters. The summed E-state index contributed by atoms with van der Waals surface area (Å²) in [7, 11) is 0. The second-order valence-corrected chi connectivity index (χ2v) is 3.40. The van der Waals surface area contributed by atoms with Gasteiger partial charge in [0.25, 0.3) is 0 Å². The average Bonchev–Trinajstić information content (AvgIpc) is 2.30. The minimum Gasteiger partial charge on any atom is -0.462 e. The summed E-state index contributed by atoms with van der Waals surface area (Å²) in [6.07, 6.45) is 1.35. The van der Waals surface area contributed by atoms with Gasteiger partial charge in [0.1, 0.15) is 6.07 Å². The number of hydrogen-bond donors (Lipinski definition) is 1. The number of benzene rings is 1. The first-order valence-corrected chi connectivity index (χ1v) is 5.28. The van der Waals surface area contributed by atoms with Gasteiger partial charge in [0.2, 0.25) is 0 Å². The highest BCUT2D eigenvalue weighted by atomic mass is 16.5. The molecule has 0 atom stereocenters. The van der Waals surface area contributed by atoms with Crippen molar-refractivity contribution < 1.29 is 9.53 Å². The SMILES string of the molecule is CCOC(=O)/C(C#N)=C\Nc1cccc(C)c1. The Hall–Kier alpha value is -2.28. The second-order valence-electron chi connectivity index (χ2n) is 3.40. The van der Waals surface area contributed by atoms with Crippen LogP contribution in [0.25, 0.3) is 0 Å². The van der Waals surface area contributed by atoms with Gasteiger partial charge in [-0.25, -0.2) is 4.79 Å². The number of nitrogens with one attached hydrogen (secondary N) is 1. The van der Waals surface area contributed by atoms with E-state index in [2.05, 4.69) is 5.32 Å². The second kappa shape index (κ2) is 6.33. The summed E-state index contributed by atoms with van der Waals surface area (Å²) in [6.45, 7) is 3.91. The van der Waals surface area contributed by atoms with Crippen LogP contribution in [-0.2, 0) is 9.53 Å². The molecule has 0 aromatic heterocycles. The van der Waals surface area contributed by atoms with Crippen molar-refractivity contribution in [3.05, 3.63) is 41.6 Å². The molecule has 0 bridgehead atoms. The topological polar surface area (TPSA) is 62.1 Å². The molecular formula is C13H14N2O2. The summed E-state index contributed by atoms with van der Waals surface area (Å²) in [4.78, 5) is 11.3. The van der Waals surface area contributed by atoms with E-state index >= 15 is 0 Å². The fourth-order valence-electron chi connectivity index (χ4n) is 1.24. The lowest BCUT2D eigenvalue weighted by Crippen LogP contribution is -2.07. The molecule has 1 aromatic rings. The maximum Gasteiger partial charge on any atom is 0.350 e. The molecule has 4 heteroatoms. The summed E-state index contributed by atoms with van der Waals surface area (Å²) < 4.78 is 4.74. The van der Waals surface area contributed by atoms with Crippen LogP contribution in [0.4, 0.5) is 5.69 Å². The summed E-state index contributed by atoms with van der Waals surface area (Å²) in [5.74, 6) is -0.616. The van der Waals surface area contributed by atoms with Gasteiger partial charge < -0.3 is 10.1 Å². The minimum absolute atomic E-state index is 0.0478. The molecule has 1 N–H and O–H groups in total. The molecule has 0 aliphatic carbocycles. The van der Waals surface area contributed by atoms with Crippen molar-refractivity contribution in [3.8, 4) is 6.07 Å².